The van der Waals surface area contributed by atoms with E-state index in [2.05, 4.69) is 18.9 Å². The third-order valence-electron chi connectivity index (χ3n) is 1.88. The molecule has 0 radical (unpaired) electrons. The van der Waals surface area contributed by atoms with Crippen molar-refractivity contribution in [2.45, 2.75) is 32.9 Å². The average Bonchev–Trinajstić information content (AvgIpc) is 1.79. The zero-order valence-electron chi connectivity index (χ0n) is 7.70. The lowest BCUT2D eigenvalue weighted by molar-refractivity contribution is -0.124. The van der Waals surface area contributed by atoms with Crippen molar-refractivity contribution in [1.82, 2.24) is 5.43 Å². The van der Waals surface area contributed by atoms with E-state index in [0.29, 0.717) is 0 Å². The summed E-state index contributed by atoms with van der Waals surface area (Å²) in [6.07, 6.45) is -2.60. The molecular weight excluding hydrogens is 181 g/mol. The molecule has 1 fully saturated rings. The molecule has 0 spiro atoms. The summed E-state index contributed by atoms with van der Waals surface area (Å²) in [7, 11) is 0. The standard InChI is InChI=1S/C8H13F3N2/c1-7(2)3-6(4-7)13-12-5-8(9,10)11/h12H,3-5H2,1-2H3. The molecule has 0 heterocycles. The highest BCUT2D eigenvalue weighted by atomic mass is 19.4. The predicted molar refractivity (Wildman–Crippen MR) is 44.5 cm³/mol. The van der Waals surface area contributed by atoms with E-state index in [1.807, 2.05) is 5.43 Å². The van der Waals surface area contributed by atoms with Crippen LogP contribution in [0, 0.1) is 5.41 Å². The van der Waals surface area contributed by atoms with Gasteiger partial charge in [-0.2, -0.15) is 18.3 Å². The van der Waals surface area contributed by atoms with E-state index < -0.39 is 12.7 Å². The van der Waals surface area contributed by atoms with Crippen molar-refractivity contribution in [2.75, 3.05) is 6.54 Å². The highest BCUT2D eigenvalue weighted by Gasteiger charge is 2.33. The molecule has 13 heavy (non-hydrogen) atoms. The highest BCUT2D eigenvalue weighted by Crippen LogP contribution is 2.37. The molecule has 0 saturated heterocycles. The summed E-state index contributed by atoms with van der Waals surface area (Å²) in [5, 5.41) is 3.66. The second-order valence-corrected chi connectivity index (χ2v) is 4.15. The van der Waals surface area contributed by atoms with Gasteiger partial charge in [0.2, 0.25) is 0 Å². The van der Waals surface area contributed by atoms with Gasteiger partial charge in [0.1, 0.15) is 6.54 Å². The van der Waals surface area contributed by atoms with Gasteiger partial charge < -0.3 is 5.43 Å². The fourth-order valence-corrected chi connectivity index (χ4v) is 1.37. The summed E-state index contributed by atoms with van der Waals surface area (Å²) in [5.74, 6) is 0. The SMILES string of the molecule is CC1(C)CC(=NNCC(F)(F)F)C1. The van der Waals surface area contributed by atoms with Gasteiger partial charge in [-0.3, -0.25) is 0 Å². The molecule has 5 heteroatoms. The molecular formula is C8H13F3N2. The second-order valence-electron chi connectivity index (χ2n) is 4.15. The van der Waals surface area contributed by atoms with Gasteiger partial charge in [-0.05, 0) is 18.3 Å². The van der Waals surface area contributed by atoms with Crippen LogP contribution < -0.4 is 5.43 Å². The molecule has 1 rings (SSSR count). The number of hydrazone groups is 1. The van der Waals surface area contributed by atoms with Crippen LogP contribution in [0.15, 0.2) is 5.10 Å². The molecule has 1 saturated carbocycles. The van der Waals surface area contributed by atoms with E-state index >= 15 is 0 Å². The summed E-state index contributed by atoms with van der Waals surface area (Å²) in [6.45, 7) is 3.09. The first kappa shape index (κ1) is 10.3. The molecule has 0 aromatic rings. The van der Waals surface area contributed by atoms with Crippen molar-refractivity contribution in [1.29, 1.82) is 0 Å². The Morgan fingerprint density at radius 3 is 2.31 bits per heavy atom. The van der Waals surface area contributed by atoms with Gasteiger partial charge in [0.25, 0.3) is 0 Å². The van der Waals surface area contributed by atoms with Gasteiger partial charge in [0, 0.05) is 5.71 Å². The van der Waals surface area contributed by atoms with E-state index in [4.69, 9.17) is 0 Å². The van der Waals surface area contributed by atoms with Gasteiger partial charge in [0.15, 0.2) is 0 Å². The number of hydrogen-bond acceptors (Lipinski definition) is 2. The zero-order chi connectivity index (χ0) is 10.1. The maximum Gasteiger partial charge on any atom is 0.407 e. The molecule has 1 aliphatic carbocycles. The molecule has 0 amide bonds. The van der Waals surface area contributed by atoms with Gasteiger partial charge >= 0.3 is 6.18 Å². The second kappa shape index (κ2) is 3.20. The third-order valence-corrected chi connectivity index (χ3v) is 1.88. The Hall–Kier alpha value is -0.740. The van der Waals surface area contributed by atoms with Crippen LogP contribution >= 0.6 is 0 Å². The summed E-state index contributed by atoms with van der Waals surface area (Å²) in [6, 6.07) is 0. The van der Waals surface area contributed by atoms with Crippen LogP contribution in [0.4, 0.5) is 13.2 Å². The number of halogens is 3. The molecule has 0 aromatic heterocycles. The third kappa shape index (κ3) is 3.65. The lowest BCUT2D eigenvalue weighted by atomic mass is 9.71. The van der Waals surface area contributed by atoms with Crippen LogP contribution in [0.3, 0.4) is 0 Å². The molecule has 0 unspecified atom stereocenters. The fraction of sp³-hybridized carbons (Fsp3) is 0.875. The molecule has 76 valence electrons. The summed E-state index contributed by atoms with van der Waals surface area (Å²) in [5.41, 5.74) is 3.08. The van der Waals surface area contributed by atoms with Crippen molar-refractivity contribution in [3.63, 3.8) is 0 Å². The average molecular weight is 194 g/mol. The first-order chi connectivity index (χ1) is 5.79. The Morgan fingerprint density at radius 2 is 1.92 bits per heavy atom. The fourth-order valence-electron chi connectivity index (χ4n) is 1.37. The predicted octanol–water partition coefficient (Wildman–Crippen LogP) is 2.31. The first-order valence-electron chi connectivity index (χ1n) is 4.14. The number of hydrogen-bond donors (Lipinski definition) is 1. The van der Waals surface area contributed by atoms with Crippen molar-refractivity contribution in [3.05, 3.63) is 0 Å². The topological polar surface area (TPSA) is 24.4 Å². The van der Waals surface area contributed by atoms with E-state index in [1.54, 1.807) is 0 Å². The number of nitrogens with one attached hydrogen (secondary N) is 1. The molecule has 0 bridgehead atoms. The van der Waals surface area contributed by atoms with Crippen LogP contribution in [0.5, 0.6) is 0 Å². The van der Waals surface area contributed by atoms with Crippen LogP contribution in [0.25, 0.3) is 0 Å². The summed E-state index contributed by atoms with van der Waals surface area (Å²) >= 11 is 0. The largest absolute Gasteiger partial charge is 0.407 e. The Balaban J connectivity index is 2.21. The van der Waals surface area contributed by atoms with Gasteiger partial charge in [-0.25, -0.2) is 0 Å². The molecule has 0 aromatic carbocycles. The summed E-state index contributed by atoms with van der Waals surface area (Å²) in [4.78, 5) is 0. The van der Waals surface area contributed by atoms with Crippen LogP contribution in [-0.4, -0.2) is 18.4 Å². The molecule has 0 atom stereocenters. The maximum atomic E-state index is 11.6. The minimum absolute atomic E-state index is 0.221. The molecule has 1 N–H and O–H groups in total. The van der Waals surface area contributed by atoms with Crippen molar-refractivity contribution in [3.8, 4) is 0 Å². The van der Waals surface area contributed by atoms with E-state index in [1.165, 1.54) is 0 Å². The smallest absolute Gasteiger partial charge is 0.301 e. The van der Waals surface area contributed by atoms with Crippen LogP contribution in [0.1, 0.15) is 26.7 Å². The molecule has 0 aliphatic heterocycles. The van der Waals surface area contributed by atoms with Gasteiger partial charge in [-0.1, -0.05) is 13.8 Å². The minimum atomic E-state index is -4.18. The van der Waals surface area contributed by atoms with E-state index in [-0.39, 0.29) is 5.41 Å². The van der Waals surface area contributed by atoms with Crippen LogP contribution in [-0.2, 0) is 0 Å². The Labute approximate surface area is 75.2 Å². The van der Waals surface area contributed by atoms with Crippen LogP contribution in [0.2, 0.25) is 0 Å². The lowest BCUT2D eigenvalue weighted by Gasteiger charge is -2.35. The first-order valence-corrected chi connectivity index (χ1v) is 4.14. The quantitative estimate of drug-likeness (QED) is 0.670. The lowest BCUT2D eigenvalue weighted by Crippen LogP contribution is -2.34. The summed E-state index contributed by atoms with van der Waals surface area (Å²) < 4.78 is 34.9. The van der Waals surface area contributed by atoms with Crippen molar-refractivity contribution < 1.29 is 13.2 Å². The Kier molecular flexibility index (Phi) is 2.54. The molecule has 1 aliphatic rings. The Bertz CT molecular complexity index is 208. The van der Waals surface area contributed by atoms with Gasteiger partial charge in [-0.15, -0.1) is 0 Å². The van der Waals surface area contributed by atoms with E-state index in [0.717, 1.165) is 18.6 Å². The highest BCUT2D eigenvalue weighted by molar-refractivity contribution is 5.90. The van der Waals surface area contributed by atoms with E-state index in [9.17, 15) is 13.2 Å². The van der Waals surface area contributed by atoms with Gasteiger partial charge in [0.05, 0.1) is 0 Å². The van der Waals surface area contributed by atoms with Crippen molar-refractivity contribution >= 4 is 5.71 Å². The maximum absolute atomic E-state index is 11.6. The number of rotatable bonds is 2. The van der Waals surface area contributed by atoms with Crippen molar-refractivity contribution in [2.24, 2.45) is 10.5 Å². The molecule has 2 nitrogen and oxygen atoms in total. The minimum Gasteiger partial charge on any atom is -0.301 e. The number of alkyl halides is 3. The number of nitrogens with zero attached hydrogens (tertiary/aromatic N) is 1. The normalized spacial score (nSPS) is 20.8. The monoisotopic (exact) mass is 194 g/mol. The Morgan fingerprint density at radius 1 is 1.38 bits per heavy atom. The zero-order valence-corrected chi connectivity index (χ0v) is 7.70.